The Labute approximate surface area is 192 Å². The van der Waals surface area contributed by atoms with Crippen LogP contribution in [0.25, 0.3) is 5.69 Å². The average molecular weight is 456 g/mol. The number of rotatable bonds is 4. The highest BCUT2D eigenvalue weighted by Crippen LogP contribution is 2.38. The maximum atomic E-state index is 13.4. The number of urea groups is 1. The molecule has 9 heteroatoms. The fourth-order valence-electron chi connectivity index (χ4n) is 4.58. The van der Waals surface area contributed by atoms with Crippen molar-refractivity contribution in [1.82, 2.24) is 20.0 Å². The molecule has 2 unspecified atom stereocenters. The molecule has 4 amide bonds. The van der Waals surface area contributed by atoms with Gasteiger partial charge in [-0.2, -0.15) is 5.10 Å². The molecule has 2 fully saturated rings. The van der Waals surface area contributed by atoms with Crippen LogP contribution in [0.4, 0.5) is 15.0 Å². The molecule has 0 radical (unpaired) electrons. The second-order valence-corrected chi connectivity index (χ2v) is 10.0. The normalized spacial score (nSPS) is 23.2. The van der Waals surface area contributed by atoms with Gasteiger partial charge in [0.05, 0.1) is 11.4 Å². The van der Waals surface area contributed by atoms with E-state index in [0.29, 0.717) is 17.9 Å². The molecule has 33 heavy (non-hydrogen) atoms. The monoisotopic (exact) mass is 455 g/mol. The van der Waals surface area contributed by atoms with E-state index in [0.717, 1.165) is 29.9 Å². The van der Waals surface area contributed by atoms with E-state index in [1.54, 1.807) is 18.2 Å². The number of hydrogen-bond acceptors (Lipinski definition) is 4. The lowest BCUT2D eigenvalue weighted by molar-refractivity contribution is -0.136. The Morgan fingerprint density at radius 2 is 1.94 bits per heavy atom. The second kappa shape index (κ2) is 8.28. The van der Waals surface area contributed by atoms with Crippen LogP contribution < -0.4 is 10.6 Å². The molecule has 2 aliphatic rings. The predicted molar refractivity (Wildman–Crippen MR) is 121 cm³/mol. The van der Waals surface area contributed by atoms with Gasteiger partial charge in [0.25, 0.3) is 5.91 Å². The molecule has 1 spiro atoms. The van der Waals surface area contributed by atoms with Gasteiger partial charge < -0.3 is 10.6 Å². The number of nitrogens with one attached hydrogen (secondary N) is 2. The lowest BCUT2D eigenvalue weighted by Crippen LogP contribution is -2.54. The molecule has 4 rings (SSSR count). The van der Waals surface area contributed by atoms with E-state index in [2.05, 4.69) is 15.7 Å². The van der Waals surface area contributed by atoms with Gasteiger partial charge in [0.15, 0.2) is 0 Å². The molecule has 1 saturated carbocycles. The number of halogens is 1. The molecule has 2 N–H and O–H groups in total. The Hall–Kier alpha value is -3.23. The van der Waals surface area contributed by atoms with Crippen LogP contribution in [-0.4, -0.2) is 44.6 Å². The molecular formula is C24H30FN5O3. The number of hydrogen-bond donors (Lipinski definition) is 2. The number of imide groups is 1. The summed E-state index contributed by atoms with van der Waals surface area (Å²) >= 11 is 0. The van der Waals surface area contributed by atoms with Crippen LogP contribution in [-0.2, 0) is 15.0 Å². The SMILES string of the molecule is CC1CCCCC12NC(=O)N(CC(=O)Nc1cc(C(C)(C)C)nn1-c1ccc(F)cc1)C2=O. The minimum atomic E-state index is -0.912. The summed E-state index contributed by atoms with van der Waals surface area (Å²) in [5, 5.41) is 10.2. The van der Waals surface area contributed by atoms with Crippen LogP contribution in [0.1, 0.15) is 59.1 Å². The smallest absolute Gasteiger partial charge is 0.323 e. The molecule has 1 aliphatic carbocycles. The van der Waals surface area contributed by atoms with Crippen molar-refractivity contribution in [2.75, 3.05) is 11.9 Å². The molecule has 1 aliphatic heterocycles. The largest absolute Gasteiger partial charge is 0.325 e. The Bertz CT molecular complexity index is 1090. The van der Waals surface area contributed by atoms with Gasteiger partial charge in [-0.3, -0.25) is 14.5 Å². The molecule has 0 bridgehead atoms. The van der Waals surface area contributed by atoms with Crippen molar-refractivity contribution in [2.45, 2.75) is 64.3 Å². The predicted octanol–water partition coefficient (Wildman–Crippen LogP) is 3.75. The van der Waals surface area contributed by atoms with E-state index in [1.165, 1.54) is 16.8 Å². The third-order valence-corrected chi connectivity index (χ3v) is 6.62. The Morgan fingerprint density at radius 3 is 2.58 bits per heavy atom. The molecule has 1 aromatic heterocycles. The summed E-state index contributed by atoms with van der Waals surface area (Å²) in [5.74, 6) is -0.827. The fourth-order valence-corrected chi connectivity index (χ4v) is 4.58. The zero-order valence-corrected chi connectivity index (χ0v) is 19.4. The summed E-state index contributed by atoms with van der Waals surface area (Å²) in [6.07, 6.45) is 3.33. The van der Waals surface area contributed by atoms with Crippen LogP contribution in [0, 0.1) is 11.7 Å². The van der Waals surface area contributed by atoms with Crippen molar-refractivity contribution in [1.29, 1.82) is 0 Å². The minimum Gasteiger partial charge on any atom is -0.323 e. The minimum absolute atomic E-state index is 0.0185. The standard InChI is InChI=1S/C24H30FN5O3/c1-15-7-5-6-12-24(15)21(32)29(22(33)27-24)14-20(31)26-19-13-18(23(2,3)4)28-30(19)17-10-8-16(25)9-11-17/h8-11,13,15H,5-7,12,14H2,1-4H3,(H,26,31)(H,27,33). The highest BCUT2D eigenvalue weighted by atomic mass is 19.1. The van der Waals surface area contributed by atoms with Crippen molar-refractivity contribution in [3.05, 3.63) is 41.8 Å². The Kier molecular flexibility index (Phi) is 5.76. The number of carbonyl (C=O) groups excluding carboxylic acids is 3. The lowest BCUT2D eigenvalue weighted by Gasteiger charge is -2.36. The van der Waals surface area contributed by atoms with Crippen molar-refractivity contribution in [3.8, 4) is 5.69 Å². The summed E-state index contributed by atoms with van der Waals surface area (Å²) in [5.41, 5.74) is 0.100. The first-order valence-corrected chi connectivity index (χ1v) is 11.3. The molecule has 2 aromatic rings. The van der Waals surface area contributed by atoms with Crippen LogP contribution >= 0.6 is 0 Å². The maximum absolute atomic E-state index is 13.4. The van der Waals surface area contributed by atoms with Gasteiger partial charge in [-0.15, -0.1) is 0 Å². The van der Waals surface area contributed by atoms with Crippen molar-refractivity contribution >= 4 is 23.7 Å². The summed E-state index contributed by atoms with van der Waals surface area (Å²) < 4.78 is 14.9. The van der Waals surface area contributed by atoms with Gasteiger partial charge in [-0.25, -0.2) is 13.9 Å². The molecular weight excluding hydrogens is 425 g/mol. The van der Waals surface area contributed by atoms with E-state index in [-0.39, 0.29) is 23.1 Å². The van der Waals surface area contributed by atoms with E-state index in [1.807, 2.05) is 27.7 Å². The molecule has 1 aromatic carbocycles. The van der Waals surface area contributed by atoms with Gasteiger partial charge >= 0.3 is 6.03 Å². The molecule has 2 atom stereocenters. The highest BCUT2D eigenvalue weighted by Gasteiger charge is 2.55. The summed E-state index contributed by atoms with van der Waals surface area (Å²) in [4.78, 5) is 39.7. The molecule has 8 nitrogen and oxygen atoms in total. The van der Waals surface area contributed by atoms with Crippen LogP contribution in [0.2, 0.25) is 0 Å². The number of carbonyl (C=O) groups is 3. The number of anilines is 1. The fraction of sp³-hybridized carbons (Fsp3) is 0.500. The number of aromatic nitrogens is 2. The zero-order chi connectivity index (χ0) is 24.0. The van der Waals surface area contributed by atoms with E-state index in [9.17, 15) is 18.8 Å². The summed E-state index contributed by atoms with van der Waals surface area (Å²) in [6.45, 7) is 7.56. The van der Waals surface area contributed by atoms with Crippen molar-refractivity contribution < 1.29 is 18.8 Å². The second-order valence-electron chi connectivity index (χ2n) is 10.0. The number of amides is 4. The third kappa shape index (κ3) is 4.24. The quantitative estimate of drug-likeness (QED) is 0.687. The maximum Gasteiger partial charge on any atom is 0.325 e. The first-order chi connectivity index (χ1) is 15.5. The van der Waals surface area contributed by atoms with Gasteiger partial charge in [-0.1, -0.05) is 40.5 Å². The number of nitrogens with zero attached hydrogens (tertiary/aromatic N) is 3. The molecule has 2 heterocycles. The van der Waals surface area contributed by atoms with Crippen LogP contribution in [0.15, 0.2) is 30.3 Å². The summed E-state index contributed by atoms with van der Waals surface area (Å²) in [6, 6.07) is 6.98. The Morgan fingerprint density at radius 1 is 1.24 bits per heavy atom. The first kappa shape index (κ1) is 22.9. The van der Waals surface area contributed by atoms with E-state index >= 15 is 0 Å². The van der Waals surface area contributed by atoms with E-state index in [4.69, 9.17) is 0 Å². The zero-order valence-electron chi connectivity index (χ0n) is 19.4. The van der Waals surface area contributed by atoms with Crippen LogP contribution in [0.5, 0.6) is 0 Å². The van der Waals surface area contributed by atoms with Gasteiger partial charge in [-0.05, 0) is 43.0 Å². The average Bonchev–Trinajstić information content (AvgIpc) is 3.26. The first-order valence-electron chi connectivity index (χ1n) is 11.3. The van der Waals surface area contributed by atoms with Crippen LogP contribution in [0.3, 0.4) is 0 Å². The Balaban J connectivity index is 1.56. The highest BCUT2D eigenvalue weighted by molar-refractivity contribution is 6.10. The van der Waals surface area contributed by atoms with Gasteiger partial charge in [0.1, 0.15) is 23.7 Å². The summed E-state index contributed by atoms with van der Waals surface area (Å²) in [7, 11) is 0. The van der Waals surface area contributed by atoms with Crippen molar-refractivity contribution in [2.24, 2.45) is 5.92 Å². The molecule has 176 valence electrons. The lowest BCUT2D eigenvalue weighted by atomic mass is 9.73. The van der Waals surface area contributed by atoms with Crippen molar-refractivity contribution in [3.63, 3.8) is 0 Å². The third-order valence-electron chi connectivity index (χ3n) is 6.62. The van der Waals surface area contributed by atoms with Gasteiger partial charge in [0.2, 0.25) is 5.91 Å². The molecule has 1 saturated heterocycles. The number of benzene rings is 1. The van der Waals surface area contributed by atoms with Gasteiger partial charge in [0, 0.05) is 11.5 Å². The topological polar surface area (TPSA) is 96.3 Å². The van der Waals surface area contributed by atoms with E-state index < -0.39 is 24.0 Å².